The Morgan fingerprint density at radius 2 is 2.19 bits per heavy atom. The van der Waals surface area contributed by atoms with Crippen molar-refractivity contribution < 1.29 is 0 Å². The van der Waals surface area contributed by atoms with Crippen LogP contribution in [0.4, 0.5) is 5.69 Å². The number of pyridine rings is 1. The van der Waals surface area contributed by atoms with E-state index in [0.717, 1.165) is 17.9 Å². The lowest BCUT2D eigenvalue weighted by Gasteiger charge is -2.06. The second-order valence-electron chi connectivity index (χ2n) is 3.96. The molecule has 1 N–H and O–H groups in total. The molecule has 0 aliphatic rings. The first kappa shape index (κ1) is 10.7. The van der Waals surface area contributed by atoms with Gasteiger partial charge in [-0.3, -0.25) is 9.67 Å². The third kappa shape index (κ3) is 2.21. The molecule has 2 rings (SSSR count). The van der Waals surface area contributed by atoms with E-state index >= 15 is 0 Å². The van der Waals surface area contributed by atoms with Crippen LogP contribution in [-0.4, -0.2) is 14.8 Å². The van der Waals surface area contributed by atoms with Crippen molar-refractivity contribution in [2.24, 2.45) is 7.05 Å². The standard InChI is InChI=1S/C12H16N4/c1-9-4-5-13-6-11(9)7-14-12-8-16(3)15-10(12)2/h4-6,8,14H,7H2,1-3H3. The molecule has 2 heterocycles. The highest BCUT2D eigenvalue weighted by Gasteiger charge is 2.03. The van der Waals surface area contributed by atoms with Gasteiger partial charge in [-0.2, -0.15) is 5.10 Å². The second-order valence-corrected chi connectivity index (χ2v) is 3.96. The van der Waals surface area contributed by atoms with Crippen molar-refractivity contribution in [1.29, 1.82) is 0 Å². The molecule has 0 aliphatic carbocycles. The average molecular weight is 216 g/mol. The van der Waals surface area contributed by atoms with E-state index in [1.54, 1.807) is 0 Å². The maximum absolute atomic E-state index is 4.28. The molecule has 0 bridgehead atoms. The molecular weight excluding hydrogens is 200 g/mol. The molecule has 0 aliphatic heterocycles. The van der Waals surface area contributed by atoms with Gasteiger partial charge in [0.15, 0.2) is 0 Å². The van der Waals surface area contributed by atoms with Gasteiger partial charge in [0.25, 0.3) is 0 Å². The van der Waals surface area contributed by atoms with Gasteiger partial charge in [0.05, 0.1) is 11.4 Å². The fourth-order valence-electron chi connectivity index (χ4n) is 1.65. The largest absolute Gasteiger partial charge is 0.378 e. The lowest BCUT2D eigenvalue weighted by molar-refractivity contribution is 0.756. The van der Waals surface area contributed by atoms with Gasteiger partial charge in [-0.25, -0.2) is 0 Å². The summed E-state index contributed by atoms with van der Waals surface area (Å²) in [5.41, 5.74) is 4.56. The van der Waals surface area contributed by atoms with Gasteiger partial charge < -0.3 is 5.32 Å². The summed E-state index contributed by atoms with van der Waals surface area (Å²) in [5, 5.41) is 7.65. The summed E-state index contributed by atoms with van der Waals surface area (Å²) >= 11 is 0. The number of rotatable bonds is 3. The third-order valence-electron chi connectivity index (χ3n) is 2.63. The van der Waals surface area contributed by atoms with Crippen molar-refractivity contribution in [2.75, 3.05) is 5.32 Å². The zero-order valence-corrected chi connectivity index (χ0v) is 9.86. The number of anilines is 1. The molecule has 16 heavy (non-hydrogen) atoms. The normalized spacial score (nSPS) is 10.4. The Hall–Kier alpha value is -1.84. The molecular formula is C12H16N4. The van der Waals surface area contributed by atoms with Gasteiger partial charge in [-0.15, -0.1) is 0 Å². The van der Waals surface area contributed by atoms with Gasteiger partial charge in [-0.05, 0) is 31.0 Å². The summed E-state index contributed by atoms with van der Waals surface area (Å²) in [4.78, 5) is 4.12. The number of hydrogen-bond donors (Lipinski definition) is 1. The van der Waals surface area contributed by atoms with Crippen LogP contribution in [0.15, 0.2) is 24.7 Å². The molecule has 0 aromatic carbocycles. The Bertz CT molecular complexity index is 488. The molecule has 0 saturated heterocycles. The Kier molecular flexibility index (Phi) is 2.90. The summed E-state index contributed by atoms with van der Waals surface area (Å²) in [6, 6.07) is 2.02. The lowest BCUT2D eigenvalue weighted by atomic mass is 10.1. The van der Waals surface area contributed by atoms with Crippen molar-refractivity contribution in [2.45, 2.75) is 20.4 Å². The maximum Gasteiger partial charge on any atom is 0.0825 e. The molecule has 2 aromatic rings. The number of hydrogen-bond acceptors (Lipinski definition) is 3. The first-order chi connectivity index (χ1) is 7.66. The highest BCUT2D eigenvalue weighted by atomic mass is 15.3. The summed E-state index contributed by atoms with van der Waals surface area (Å²) in [6.07, 6.45) is 5.70. The Morgan fingerprint density at radius 1 is 1.38 bits per heavy atom. The van der Waals surface area contributed by atoms with Crippen LogP contribution in [0, 0.1) is 13.8 Å². The number of aromatic nitrogens is 3. The van der Waals surface area contributed by atoms with E-state index in [-0.39, 0.29) is 0 Å². The van der Waals surface area contributed by atoms with Crippen LogP contribution in [0.1, 0.15) is 16.8 Å². The van der Waals surface area contributed by atoms with E-state index < -0.39 is 0 Å². The lowest BCUT2D eigenvalue weighted by Crippen LogP contribution is -2.02. The fraction of sp³-hybridized carbons (Fsp3) is 0.333. The predicted octanol–water partition coefficient (Wildman–Crippen LogP) is 2.04. The van der Waals surface area contributed by atoms with Gasteiger partial charge in [0.2, 0.25) is 0 Å². The molecule has 0 unspecified atom stereocenters. The zero-order chi connectivity index (χ0) is 11.5. The minimum atomic E-state index is 0.784. The smallest absolute Gasteiger partial charge is 0.0825 e. The van der Waals surface area contributed by atoms with Crippen LogP contribution in [0.5, 0.6) is 0 Å². The number of nitrogens with zero attached hydrogens (tertiary/aromatic N) is 3. The first-order valence-corrected chi connectivity index (χ1v) is 5.30. The number of nitrogens with one attached hydrogen (secondary N) is 1. The molecule has 84 valence electrons. The van der Waals surface area contributed by atoms with E-state index in [9.17, 15) is 0 Å². The minimum Gasteiger partial charge on any atom is -0.378 e. The molecule has 0 spiro atoms. The summed E-state index contributed by atoms with van der Waals surface area (Å²) < 4.78 is 1.81. The monoisotopic (exact) mass is 216 g/mol. The van der Waals surface area contributed by atoms with E-state index in [1.165, 1.54) is 11.1 Å². The highest BCUT2D eigenvalue weighted by molar-refractivity contribution is 5.46. The SMILES string of the molecule is Cc1ccncc1CNc1cn(C)nc1C. The van der Waals surface area contributed by atoms with Crippen molar-refractivity contribution in [3.63, 3.8) is 0 Å². The summed E-state index contributed by atoms with van der Waals surface area (Å²) in [7, 11) is 1.92. The molecule has 2 aromatic heterocycles. The molecule has 0 radical (unpaired) electrons. The quantitative estimate of drug-likeness (QED) is 0.853. The van der Waals surface area contributed by atoms with E-state index in [0.29, 0.717) is 0 Å². The Morgan fingerprint density at radius 3 is 2.81 bits per heavy atom. The van der Waals surface area contributed by atoms with Crippen LogP contribution in [0.2, 0.25) is 0 Å². The van der Waals surface area contributed by atoms with Crippen LogP contribution in [-0.2, 0) is 13.6 Å². The van der Waals surface area contributed by atoms with Gasteiger partial charge in [0.1, 0.15) is 0 Å². The van der Waals surface area contributed by atoms with Crippen LogP contribution in [0.3, 0.4) is 0 Å². The van der Waals surface area contributed by atoms with Crippen LogP contribution in [0.25, 0.3) is 0 Å². The molecule has 0 atom stereocenters. The molecule has 4 heteroatoms. The molecule has 0 saturated carbocycles. The van der Waals surface area contributed by atoms with Gasteiger partial charge in [0, 0.05) is 32.2 Å². The predicted molar refractivity (Wildman–Crippen MR) is 64.2 cm³/mol. The van der Waals surface area contributed by atoms with E-state index in [4.69, 9.17) is 0 Å². The van der Waals surface area contributed by atoms with Crippen molar-refractivity contribution >= 4 is 5.69 Å². The van der Waals surface area contributed by atoms with Gasteiger partial charge >= 0.3 is 0 Å². The third-order valence-corrected chi connectivity index (χ3v) is 2.63. The van der Waals surface area contributed by atoms with Crippen LogP contribution >= 0.6 is 0 Å². The fourth-order valence-corrected chi connectivity index (χ4v) is 1.65. The Labute approximate surface area is 95.3 Å². The minimum absolute atomic E-state index is 0.784. The average Bonchev–Trinajstić information content (AvgIpc) is 2.56. The van der Waals surface area contributed by atoms with Crippen molar-refractivity contribution in [1.82, 2.24) is 14.8 Å². The molecule has 4 nitrogen and oxygen atoms in total. The second kappa shape index (κ2) is 4.35. The summed E-state index contributed by atoms with van der Waals surface area (Å²) in [6.45, 7) is 4.87. The molecule has 0 fully saturated rings. The van der Waals surface area contributed by atoms with E-state index in [1.807, 2.05) is 43.3 Å². The molecule has 0 amide bonds. The first-order valence-electron chi connectivity index (χ1n) is 5.30. The van der Waals surface area contributed by atoms with E-state index in [2.05, 4.69) is 22.3 Å². The van der Waals surface area contributed by atoms with Crippen molar-refractivity contribution in [3.05, 3.63) is 41.5 Å². The van der Waals surface area contributed by atoms with Gasteiger partial charge in [-0.1, -0.05) is 0 Å². The van der Waals surface area contributed by atoms with Crippen molar-refractivity contribution in [3.8, 4) is 0 Å². The zero-order valence-electron chi connectivity index (χ0n) is 9.86. The number of aryl methyl sites for hydroxylation is 3. The maximum atomic E-state index is 4.28. The highest BCUT2D eigenvalue weighted by Crippen LogP contribution is 2.14. The Balaban J connectivity index is 2.08. The van der Waals surface area contributed by atoms with Crippen LogP contribution < -0.4 is 5.32 Å². The summed E-state index contributed by atoms with van der Waals surface area (Å²) in [5.74, 6) is 0. The topological polar surface area (TPSA) is 42.7 Å².